The highest BCUT2D eigenvalue weighted by Gasteiger charge is 2.44. The van der Waals surface area contributed by atoms with Gasteiger partial charge in [-0.25, -0.2) is 0 Å². The van der Waals surface area contributed by atoms with E-state index in [2.05, 4.69) is 110 Å². The average Bonchev–Trinajstić information content (AvgIpc) is 2.89. The molecular weight excluding hydrogens is 542 g/mol. The second kappa shape index (κ2) is 17.1. The summed E-state index contributed by atoms with van der Waals surface area (Å²) in [6.07, 6.45) is 19.5. The molecule has 0 bridgehead atoms. The second-order valence-electron chi connectivity index (χ2n) is 9.06. The van der Waals surface area contributed by atoms with Gasteiger partial charge in [-0.3, -0.25) is 0 Å². The van der Waals surface area contributed by atoms with Gasteiger partial charge in [-0.2, -0.15) is 0 Å². The van der Waals surface area contributed by atoms with Crippen molar-refractivity contribution in [3.8, 4) is 0 Å². The fourth-order valence-corrected chi connectivity index (χ4v) is 9.03. The average molecular weight is 585 g/mol. The lowest BCUT2D eigenvalue weighted by Gasteiger charge is -2.27. The molecule has 0 fully saturated rings. The molecule has 0 aliphatic carbocycles. The molecule has 0 heterocycles. The fourth-order valence-electron chi connectivity index (χ4n) is 4.78. The SMILES string of the molecule is CCCCCCCCCC/C=C\CC[P+](c1ccccc1)(c1ccccc1)c1ccccc1.[I-]. The van der Waals surface area contributed by atoms with Gasteiger partial charge in [-0.1, -0.05) is 119 Å². The summed E-state index contributed by atoms with van der Waals surface area (Å²) in [7, 11) is -1.68. The third-order valence-corrected chi connectivity index (χ3v) is 11.1. The van der Waals surface area contributed by atoms with Gasteiger partial charge in [0.15, 0.2) is 0 Å². The highest BCUT2D eigenvalue weighted by molar-refractivity contribution is 7.95. The molecular formula is C32H42IP. The Balaban J connectivity index is 0.00000408. The molecule has 0 spiro atoms. The molecule has 182 valence electrons. The van der Waals surface area contributed by atoms with Gasteiger partial charge in [0.05, 0.1) is 6.16 Å². The monoisotopic (exact) mass is 584 g/mol. The minimum Gasteiger partial charge on any atom is -1.00 e. The van der Waals surface area contributed by atoms with Crippen LogP contribution in [0, 0.1) is 0 Å². The Labute approximate surface area is 226 Å². The number of halogens is 1. The lowest BCUT2D eigenvalue weighted by molar-refractivity contribution is -0.00000669. The first kappa shape index (κ1) is 28.8. The van der Waals surface area contributed by atoms with Gasteiger partial charge < -0.3 is 24.0 Å². The van der Waals surface area contributed by atoms with Crippen molar-refractivity contribution in [2.45, 2.75) is 71.1 Å². The molecule has 3 aromatic carbocycles. The Morgan fingerprint density at radius 3 is 1.32 bits per heavy atom. The predicted molar refractivity (Wildman–Crippen MR) is 151 cm³/mol. The zero-order chi connectivity index (χ0) is 23.0. The van der Waals surface area contributed by atoms with Crippen LogP contribution >= 0.6 is 7.26 Å². The van der Waals surface area contributed by atoms with Crippen LogP contribution in [-0.4, -0.2) is 6.16 Å². The maximum atomic E-state index is 2.45. The van der Waals surface area contributed by atoms with Crippen LogP contribution in [0.25, 0.3) is 0 Å². The van der Waals surface area contributed by atoms with Crippen LogP contribution in [0.4, 0.5) is 0 Å². The molecule has 0 N–H and O–H groups in total. The first-order valence-corrected chi connectivity index (χ1v) is 15.1. The van der Waals surface area contributed by atoms with Crippen LogP contribution in [-0.2, 0) is 0 Å². The molecule has 0 saturated heterocycles. The number of hydrogen-bond donors (Lipinski definition) is 0. The lowest BCUT2D eigenvalue weighted by Crippen LogP contribution is -3.00. The number of unbranched alkanes of at least 4 members (excludes halogenated alkanes) is 8. The summed E-state index contributed by atoms with van der Waals surface area (Å²) in [5.74, 6) is 0. The first-order chi connectivity index (χ1) is 16.4. The first-order valence-electron chi connectivity index (χ1n) is 13.1. The summed E-state index contributed by atoms with van der Waals surface area (Å²) in [5.41, 5.74) is 0. The van der Waals surface area contributed by atoms with Gasteiger partial charge in [-0.05, 0) is 49.2 Å². The van der Waals surface area contributed by atoms with E-state index in [1.807, 2.05) is 0 Å². The van der Waals surface area contributed by atoms with Crippen molar-refractivity contribution in [2.75, 3.05) is 6.16 Å². The van der Waals surface area contributed by atoms with Crippen LogP contribution in [0.3, 0.4) is 0 Å². The minimum absolute atomic E-state index is 0. The quantitative estimate of drug-likeness (QED) is 0.0964. The van der Waals surface area contributed by atoms with Crippen LogP contribution in [0.15, 0.2) is 103 Å². The van der Waals surface area contributed by atoms with Gasteiger partial charge in [0.2, 0.25) is 0 Å². The zero-order valence-corrected chi connectivity index (χ0v) is 24.0. The van der Waals surface area contributed by atoms with Crippen LogP contribution in [0.2, 0.25) is 0 Å². The fraction of sp³-hybridized carbons (Fsp3) is 0.375. The number of hydrogen-bond acceptors (Lipinski definition) is 0. The minimum atomic E-state index is -1.68. The molecule has 3 rings (SSSR count). The Morgan fingerprint density at radius 2 is 0.882 bits per heavy atom. The number of allylic oxidation sites excluding steroid dienone is 2. The molecule has 0 unspecified atom stereocenters. The molecule has 0 amide bonds. The maximum absolute atomic E-state index is 2.45. The largest absolute Gasteiger partial charge is 1.00 e. The zero-order valence-electron chi connectivity index (χ0n) is 20.9. The normalized spacial score (nSPS) is 11.4. The molecule has 0 aliphatic rings. The third kappa shape index (κ3) is 8.65. The Hall–Kier alpha value is -1.44. The van der Waals surface area contributed by atoms with Crippen molar-refractivity contribution in [1.82, 2.24) is 0 Å². The predicted octanol–water partition coefficient (Wildman–Crippen LogP) is 5.46. The Morgan fingerprint density at radius 1 is 0.500 bits per heavy atom. The summed E-state index contributed by atoms with van der Waals surface area (Å²) >= 11 is 0. The van der Waals surface area contributed by atoms with Crippen molar-refractivity contribution >= 4 is 23.2 Å². The van der Waals surface area contributed by atoms with E-state index in [0.717, 1.165) is 6.42 Å². The Bertz CT molecular complexity index is 809. The molecule has 0 radical (unpaired) electrons. The summed E-state index contributed by atoms with van der Waals surface area (Å²) < 4.78 is 0. The van der Waals surface area contributed by atoms with Crippen molar-refractivity contribution in [2.24, 2.45) is 0 Å². The van der Waals surface area contributed by atoms with E-state index in [1.165, 1.54) is 79.9 Å². The van der Waals surface area contributed by atoms with E-state index >= 15 is 0 Å². The van der Waals surface area contributed by atoms with Gasteiger partial charge in [-0.15, -0.1) is 0 Å². The van der Waals surface area contributed by atoms with Crippen molar-refractivity contribution in [1.29, 1.82) is 0 Å². The number of benzene rings is 3. The van der Waals surface area contributed by atoms with Crippen molar-refractivity contribution in [3.63, 3.8) is 0 Å². The van der Waals surface area contributed by atoms with Gasteiger partial charge >= 0.3 is 0 Å². The van der Waals surface area contributed by atoms with Gasteiger partial charge in [0.25, 0.3) is 0 Å². The molecule has 0 saturated carbocycles. The molecule has 2 heteroatoms. The summed E-state index contributed by atoms with van der Waals surface area (Å²) in [5, 5.41) is 4.46. The number of rotatable bonds is 15. The second-order valence-corrected chi connectivity index (χ2v) is 12.7. The van der Waals surface area contributed by atoms with E-state index in [-0.39, 0.29) is 24.0 Å². The topological polar surface area (TPSA) is 0 Å². The van der Waals surface area contributed by atoms with Gasteiger partial charge in [0, 0.05) is 6.42 Å². The van der Waals surface area contributed by atoms with E-state index in [4.69, 9.17) is 0 Å². The van der Waals surface area contributed by atoms with Gasteiger partial charge in [0.1, 0.15) is 23.2 Å². The molecule has 3 aromatic rings. The smallest absolute Gasteiger partial charge is 0.112 e. The third-order valence-electron chi connectivity index (χ3n) is 6.61. The van der Waals surface area contributed by atoms with E-state index in [9.17, 15) is 0 Å². The Kier molecular flexibility index (Phi) is 14.5. The molecule has 34 heavy (non-hydrogen) atoms. The maximum Gasteiger partial charge on any atom is 0.112 e. The molecule has 0 atom stereocenters. The molecule has 0 nitrogen and oxygen atoms in total. The van der Waals surface area contributed by atoms with Crippen LogP contribution in [0.5, 0.6) is 0 Å². The summed E-state index contributed by atoms with van der Waals surface area (Å²) in [4.78, 5) is 0. The van der Waals surface area contributed by atoms with E-state index in [1.54, 1.807) is 0 Å². The molecule has 0 aromatic heterocycles. The van der Waals surface area contributed by atoms with Crippen LogP contribution < -0.4 is 39.9 Å². The standard InChI is InChI=1S/C32H42P.HI/c1-2-3-4-5-6-7-8-9-10-11-12-22-29-33(30-23-16-13-17-24-30,31-25-18-14-19-26-31)32-27-20-15-21-28-32;/h11-21,23-28H,2-10,22,29H2,1H3;1H/q+1;/p-1/b12-11-;. The highest BCUT2D eigenvalue weighted by Crippen LogP contribution is 2.55. The summed E-state index contributed by atoms with van der Waals surface area (Å²) in [6, 6.07) is 33.7. The summed E-state index contributed by atoms with van der Waals surface area (Å²) in [6.45, 7) is 2.29. The van der Waals surface area contributed by atoms with E-state index < -0.39 is 7.26 Å². The molecule has 0 aliphatic heterocycles. The van der Waals surface area contributed by atoms with E-state index in [0.29, 0.717) is 0 Å². The van der Waals surface area contributed by atoms with Crippen molar-refractivity contribution in [3.05, 3.63) is 103 Å². The lowest BCUT2D eigenvalue weighted by atomic mass is 10.1. The highest BCUT2D eigenvalue weighted by atomic mass is 127. The van der Waals surface area contributed by atoms with Crippen LogP contribution in [0.1, 0.15) is 71.1 Å². The van der Waals surface area contributed by atoms with Crippen molar-refractivity contribution < 1.29 is 24.0 Å².